The zero-order chi connectivity index (χ0) is 12.4. The Bertz CT molecular complexity index is 543. The number of hydrogen-bond donors (Lipinski definition) is 1. The molecule has 0 saturated carbocycles. The Morgan fingerprint density at radius 1 is 1.59 bits per heavy atom. The van der Waals surface area contributed by atoms with E-state index in [0.717, 1.165) is 11.1 Å². The minimum Gasteiger partial charge on any atom is -0.475 e. The van der Waals surface area contributed by atoms with Crippen molar-refractivity contribution in [2.75, 3.05) is 7.11 Å². The number of rotatable bonds is 4. The second-order valence-electron chi connectivity index (χ2n) is 3.50. The highest BCUT2D eigenvalue weighted by atomic mass is 32.1. The maximum Gasteiger partial charge on any atom is 0.373 e. The summed E-state index contributed by atoms with van der Waals surface area (Å²) < 4.78 is 10.2. The average molecular weight is 253 g/mol. The van der Waals surface area contributed by atoms with Crippen molar-refractivity contribution in [2.24, 2.45) is 0 Å². The van der Waals surface area contributed by atoms with Crippen LogP contribution in [0.4, 0.5) is 0 Å². The molecular weight excluding hydrogens is 242 g/mol. The number of aromatic carboxylic acids is 1. The van der Waals surface area contributed by atoms with E-state index in [-0.39, 0.29) is 12.4 Å². The Morgan fingerprint density at radius 2 is 2.35 bits per heavy atom. The van der Waals surface area contributed by atoms with E-state index < -0.39 is 5.97 Å². The van der Waals surface area contributed by atoms with Crippen LogP contribution in [0.3, 0.4) is 0 Å². The van der Waals surface area contributed by atoms with E-state index in [4.69, 9.17) is 14.3 Å². The van der Waals surface area contributed by atoms with Crippen LogP contribution in [0.25, 0.3) is 11.5 Å². The van der Waals surface area contributed by atoms with Crippen molar-refractivity contribution in [1.82, 2.24) is 4.98 Å². The third-order valence-electron chi connectivity index (χ3n) is 2.26. The van der Waals surface area contributed by atoms with Crippen LogP contribution in [0.15, 0.2) is 15.2 Å². The van der Waals surface area contributed by atoms with Crippen LogP contribution in [0.2, 0.25) is 0 Å². The van der Waals surface area contributed by atoms with Crippen molar-refractivity contribution < 1.29 is 19.1 Å². The fraction of sp³-hybridized carbons (Fsp3) is 0.273. The Balaban J connectivity index is 2.47. The van der Waals surface area contributed by atoms with Gasteiger partial charge in [-0.15, -0.1) is 0 Å². The SMILES string of the molecule is COCc1nc(-c2cscc2C)oc1C(=O)O. The van der Waals surface area contributed by atoms with Gasteiger partial charge in [0, 0.05) is 12.5 Å². The summed E-state index contributed by atoms with van der Waals surface area (Å²) in [5, 5.41) is 12.8. The minimum absolute atomic E-state index is 0.119. The van der Waals surface area contributed by atoms with Gasteiger partial charge in [0.2, 0.25) is 11.7 Å². The monoisotopic (exact) mass is 253 g/mol. The first-order valence-electron chi connectivity index (χ1n) is 4.88. The molecular formula is C11H11NO4S. The lowest BCUT2D eigenvalue weighted by molar-refractivity contribution is 0.0656. The lowest BCUT2D eigenvalue weighted by Gasteiger charge is -1.92. The highest BCUT2D eigenvalue weighted by Crippen LogP contribution is 2.28. The smallest absolute Gasteiger partial charge is 0.373 e. The van der Waals surface area contributed by atoms with E-state index in [2.05, 4.69) is 4.98 Å². The molecule has 0 atom stereocenters. The van der Waals surface area contributed by atoms with E-state index in [1.807, 2.05) is 17.7 Å². The predicted octanol–water partition coefficient (Wildman–Crippen LogP) is 2.56. The molecule has 2 aromatic rings. The molecule has 0 spiro atoms. The molecule has 6 heteroatoms. The Hall–Kier alpha value is -1.66. The second kappa shape index (κ2) is 4.68. The summed E-state index contributed by atoms with van der Waals surface area (Å²) in [6.45, 7) is 2.04. The lowest BCUT2D eigenvalue weighted by Crippen LogP contribution is -2.00. The largest absolute Gasteiger partial charge is 0.475 e. The fourth-order valence-corrected chi connectivity index (χ4v) is 2.27. The second-order valence-corrected chi connectivity index (χ2v) is 4.25. The van der Waals surface area contributed by atoms with Gasteiger partial charge in [0.25, 0.3) is 0 Å². The van der Waals surface area contributed by atoms with Crippen LogP contribution in [0.1, 0.15) is 21.8 Å². The first kappa shape index (κ1) is 11.8. The predicted molar refractivity (Wildman–Crippen MR) is 62.2 cm³/mol. The number of nitrogens with zero attached hydrogens (tertiary/aromatic N) is 1. The number of carboxylic acid groups (broad SMARTS) is 1. The number of carboxylic acids is 1. The molecule has 2 rings (SSSR count). The minimum atomic E-state index is -1.14. The molecule has 0 aliphatic heterocycles. The van der Waals surface area contributed by atoms with Gasteiger partial charge in [-0.25, -0.2) is 9.78 Å². The van der Waals surface area contributed by atoms with E-state index >= 15 is 0 Å². The summed E-state index contributed by atoms with van der Waals surface area (Å²) in [4.78, 5) is 15.1. The van der Waals surface area contributed by atoms with E-state index in [1.54, 1.807) is 0 Å². The van der Waals surface area contributed by atoms with Gasteiger partial charge >= 0.3 is 5.97 Å². The summed E-state index contributed by atoms with van der Waals surface area (Å²) in [5.74, 6) is -0.968. The molecule has 0 amide bonds. The molecule has 5 nitrogen and oxygen atoms in total. The zero-order valence-corrected chi connectivity index (χ0v) is 10.2. The fourth-order valence-electron chi connectivity index (χ4n) is 1.45. The van der Waals surface area contributed by atoms with Crippen molar-refractivity contribution in [1.29, 1.82) is 0 Å². The van der Waals surface area contributed by atoms with Crippen molar-refractivity contribution in [2.45, 2.75) is 13.5 Å². The van der Waals surface area contributed by atoms with Crippen molar-refractivity contribution >= 4 is 17.3 Å². The number of carbonyl (C=O) groups is 1. The Kier molecular flexibility index (Phi) is 3.26. The topological polar surface area (TPSA) is 72.6 Å². The molecule has 0 aliphatic carbocycles. The molecule has 1 N–H and O–H groups in total. The third kappa shape index (κ3) is 2.22. The van der Waals surface area contributed by atoms with Crippen LogP contribution in [-0.2, 0) is 11.3 Å². The number of oxazole rings is 1. The molecule has 17 heavy (non-hydrogen) atoms. The number of thiophene rings is 1. The molecule has 0 aromatic carbocycles. The van der Waals surface area contributed by atoms with Crippen molar-refractivity contribution in [3.05, 3.63) is 27.8 Å². The quantitative estimate of drug-likeness (QED) is 0.906. The van der Waals surface area contributed by atoms with Gasteiger partial charge in [-0.05, 0) is 17.9 Å². The first-order valence-corrected chi connectivity index (χ1v) is 5.83. The molecule has 0 radical (unpaired) electrons. The molecule has 90 valence electrons. The molecule has 0 aliphatic rings. The highest BCUT2D eigenvalue weighted by Gasteiger charge is 2.21. The zero-order valence-electron chi connectivity index (χ0n) is 9.39. The Morgan fingerprint density at radius 3 is 2.88 bits per heavy atom. The lowest BCUT2D eigenvalue weighted by atomic mass is 10.2. The van der Waals surface area contributed by atoms with Gasteiger partial charge in [0.15, 0.2) is 0 Å². The number of hydrogen-bond acceptors (Lipinski definition) is 5. The van der Waals surface area contributed by atoms with Gasteiger partial charge in [0.05, 0.1) is 12.2 Å². The third-order valence-corrected chi connectivity index (χ3v) is 3.12. The summed E-state index contributed by atoms with van der Waals surface area (Å²) >= 11 is 1.52. The van der Waals surface area contributed by atoms with E-state index in [0.29, 0.717) is 11.6 Å². The van der Waals surface area contributed by atoms with Crippen LogP contribution < -0.4 is 0 Å². The number of aromatic nitrogens is 1. The standard InChI is InChI=1S/C11H11NO4S/c1-6-4-17-5-7(6)10-12-8(3-15-2)9(16-10)11(13)14/h4-5H,3H2,1-2H3,(H,13,14). The summed E-state index contributed by atoms with van der Waals surface area (Å²) in [5.41, 5.74) is 2.14. The summed E-state index contributed by atoms with van der Waals surface area (Å²) in [6, 6.07) is 0. The molecule has 0 fully saturated rings. The van der Waals surface area contributed by atoms with Crippen LogP contribution in [0.5, 0.6) is 0 Å². The van der Waals surface area contributed by atoms with Crippen LogP contribution in [0, 0.1) is 6.92 Å². The maximum absolute atomic E-state index is 11.0. The summed E-state index contributed by atoms with van der Waals surface area (Å²) in [7, 11) is 1.48. The van der Waals surface area contributed by atoms with Gasteiger partial charge in [-0.3, -0.25) is 0 Å². The molecule has 2 aromatic heterocycles. The molecule has 0 bridgehead atoms. The van der Waals surface area contributed by atoms with Crippen LogP contribution >= 0.6 is 11.3 Å². The first-order chi connectivity index (χ1) is 8.13. The van der Waals surface area contributed by atoms with Gasteiger partial charge in [-0.1, -0.05) is 0 Å². The average Bonchev–Trinajstić information content (AvgIpc) is 2.84. The molecule has 0 unspecified atom stereocenters. The van der Waals surface area contributed by atoms with Crippen LogP contribution in [-0.4, -0.2) is 23.2 Å². The Labute approximate surface area is 102 Å². The van der Waals surface area contributed by atoms with Gasteiger partial charge < -0.3 is 14.3 Å². The number of methoxy groups -OCH3 is 1. The van der Waals surface area contributed by atoms with Crippen molar-refractivity contribution in [3.63, 3.8) is 0 Å². The van der Waals surface area contributed by atoms with E-state index in [9.17, 15) is 4.79 Å². The molecule has 0 saturated heterocycles. The molecule has 2 heterocycles. The van der Waals surface area contributed by atoms with Gasteiger partial charge in [0.1, 0.15) is 5.69 Å². The highest BCUT2D eigenvalue weighted by molar-refractivity contribution is 7.08. The van der Waals surface area contributed by atoms with Gasteiger partial charge in [-0.2, -0.15) is 11.3 Å². The van der Waals surface area contributed by atoms with Crippen molar-refractivity contribution in [3.8, 4) is 11.5 Å². The maximum atomic E-state index is 11.0. The normalized spacial score (nSPS) is 10.7. The summed E-state index contributed by atoms with van der Waals surface area (Å²) in [6.07, 6.45) is 0. The number of aryl methyl sites for hydroxylation is 1. The van der Waals surface area contributed by atoms with E-state index in [1.165, 1.54) is 18.4 Å². The number of ether oxygens (including phenoxy) is 1.